The summed E-state index contributed by atoms with van der Waals surface area (Å²) in [6.07, 6.45) is 75.9. The quantitative estimate of drug-likeness (QED) is 0.0321. The van der Waals surface area contributed by atoms with Crippen LogP contribution in [0.25, 0.3) is 0 Å². The Hall–Kier alpha value is -2.18. The molecule has 70 heavy (non-hydrogen) atoms. The summed E-state index contributed by atoms with van der Waals surface area (Å²) in [5.74, 6) is -0.0681. The van der Waals surface area contributed by atoms with Gasteiger partial charge in [0, 0.05) is 12.8 Å². The molecule has 0 aromatic heterocycles. The van der Waals surface area contributed by atoms with Gasteiger partial charge >= 0.3 is 5.97 Å². The molecule has 0 aliphatic heterocycles. The Morgan fingerprint density at radius 3 is 1.16 bits per heavy atom. The van der Waals surface area contributed by atoms with E-state index in [2.05, 4.69) is 55.6 Å². The first-order valence-corrected chi connectivity index (χ1v) is 30.9. The maximum atomic E-state index is 12.4. The number of carbonyl (C=O) groups is 2. The monoisotopic (exact) mass is 982 g/mol. The zero-order valence-electron chi connectivity index (χ0n) is 46.7. The van der Waals surface area contributed by atoms with Gasteiger partial charge in [0.25, 0.3) is 0 Å². The number of unbranched alkanes of at least 4 members (excludes halogenated alkanes) is 40. The molecule has 0 aliphatic rings. The summed E-state index contributed by atoms with van der Waals surface area (Å²) in [6, 6.07) is -0.626. The third-order valence-corrected chi connectivity index (χ3v) is 14.0. The minimum Gasteiger partial charge on any atom is -0.466 e. The maximum Gasteiger partial charge on any atom is 0.305 e. The van der Waals surface area contributed by atoms with Crippen LogP contribution in [-0.4, -0.2) is 47.4 Å². The molecule has 0 rings (SSSR count). The van der Waals surface area contributed by atoms with Gasteiger partial charge in [-0.15, -0.1) is 0 Å². The molecule has 0 heterocycles. The second kappa shape index (κ2) is 59.4. The fraction of sp³-hybridized carbons (Fsp3) is 0.844. The van der Waals surface area contributed by atoms with Crippen LogP contribution in [0.5, 0.6) is 0 Å². The summed E-state index contributed by atoms with van der Waals surface area (Å²) in [4.78, 5) is 24.4. The van der Waals surface area contributed by atoms with Crippen molar-refractivity contribution in [3.8, 4) is 0 Å². The molecule has 3 N–H and O–H groups in total. The van der Waals surface area contributed by atoms with Crippen LogP contribution in [0.15, 0.2) is 48.6 Å². The van der Waals surface area contributed by atoms with Gasteiger partial charge in [0.2, 0.25) is 5.91 Å². The van der Waals surface area contributed by atoms with E-state index in [4.69, 9.17) is 4.74 Å². The van der Waals surface area contributed by atoms with Crippen molar-refractivity contribution in [3.05, 3.63) is 48.6 Å². The lowest BCUT2D eigenvalue weighted by Gasteiger charge is -2.20. The van der Waals surface area contributed by atoms with Crippen molar-refractivity contribution in [1.82, 2.24) is 5.32 Å². The topological polar surface area (TPSA) is 95.9 Å². The molecule has 0 saturated heterocycles. The van der Waals surface area contributed by atoms with Crippen molar-refractivity contribution >= 4 is 11.9 Å². The van der Waals surface area contributed by atoms with Crippen LogP contribution in [0, 0.1) is 0 Å². The molecule has 0 radical (unpaired) electrons. The van der Waals surface area contributed by atoms with Gasteiger partial charge in [-0.2, -0.15) is 0 Å². The molecule has 0 aromatic carbocycles. The van der Waals surface area contributed by atoms with Crippen molar-refractivity contribution in [3.63, 3.8) is 0 Å². The largest absolute Gasteiger partial charge is 0.466 e. The highest BCUT2D eigenvalue weighted by molar-refractivity contribution is 5.76. The number of hydrogen-bond acceptors (Lipinski definition) is 5. The normalized spacial score (nSPS) is 12.9. The number of aliphatic hydroxyl groups excluding tert-OH is 2. The van der Waals surface area contributed by atoms with Crippen molar-refractivity contribution < 1.29 is 24.5 Å². The minimum absolute atomic E-state index is 0.000264. The first-order valence-electron chi connectivity index (χ1n) is 30.9. The minimum atomic E-state index is -0.843. The Kier molecular flexibility index (Phi) is 57.5. The number of ether oxygens (including phenoxy) is 1. The summed E-state index contributed by atoms with van der Waals surface area (Å²) in [6.45, 7) is 4.83. The van der Waals surface area contributed by atoms with Crippen LogP contribution >= 0.6 is 0 Å². The Balaban J connectivity index is 3.38. The molecule has 410 valence electrons. The molecule has 6 heteroatoms. The molecular formula is C64H119NO5. The molecule has 0 spiro atoms. The van der Waals surface area contributed by atoms with Gasteiger partial charge in [-0.05, 0) is 83.5 Å². The number of aliphatic hydroxyl groups is 2. The number of amides is 1. The third-order valence-electron chi connectivity index (χ3n) is 14.0. The average molecular weight is 983 g/mol. The molecule has 0 saturated carbocycles. The van der Waals surface area contributed by atoms with E-state index < -0.39 is 12.1 Å². The number of nitrogens with one attached hydrogen (secondary N) is 1. The third kappa shape index (κ3) is 55.1. The van der Waals surface area contributed by atoms with E-state index >= 15 is 0 Å². The van der Waals surface area contributed by atoms with Crippen molar-refractivity contribution in [2.24, 2.45) is 0 Å². The van der Waals surface area contributed by atoms with Crippen LogP contribution < -0.4 is 5.32 Å². The number of hydrogen-bond donors (Lipinski definition) is 3. The maximum absolute atomic E-state index is 12.4. The Morgan fingerprint density at radius 2 is 0.743 bits per heavy atom. The van der Waals surface area contributed by atoms with Crippen LogP contribution in [0.3, 0.4) is 0 Å². The lowest BCUT2D eigenvalue weighted by atomic mass is 10.0. The van der Waals surface area contributed by atoms with Gasteiger partial charge < -0.3 is 20.3 Å². The van der Waals surface area contributed by atoms with Crippen molar-refractivity contribution in [2.75, 3.05) is 13.2 Å². The predicted molar refractivity (Wildman–Crippen MR) is 306 cm³/mol. The van der Waals surface area contributed by atoms with Crippen LogP contribution in [-0.2, 0) is 14.3 Å². The summed E-state index contributed by atoms with van der Waals surface area (Å²) < 4.78 is 5.47. The van der Waals surface area contributed by atoms with E-state index in [-0.39, 0.29) is 18.5 Å². The summed E-state index contributed by atoms with van der Waals surface area (Å²) in [7, 11) is 0. The standard InChI is InChI=1S/C64H119NO5/c1-3-5-7-9-11-13-15-33-38-42-46-50-54-58-64(69)70-59-55-51-47-43-39-35-32-30-28-26-24-22-20-18-16-17-19-21-23-25-27-29-31-34-37-41-45-49-53-57-63(68)65-61(60-66)62(67)56-52-48-44-40-36-14-12-10-8-6-4-2/h7,9,13,15-16,18,52,56,61-62,66-67H,3-6,8,10-12,14,17,19-51,53-55,57-60H2,1-2H3,(H,65,68)/b9-7-,15-13-,18-16-,56-52+. The fourth-order valence-corrected chi connectivity index (χ4v) is 9.31. The molecule has 2 unspecified atom stereocenters. The fourth-order valence-electron chi connectivity index (χ4n) is 9.31. The highest BCUT2D eigenvalue weighted by Gasteiger charge is 2.18. The highest BCUT2D eigenvalue weighted by Crippen LogP contribution is 2.17. The Morgan fingerprint density at radius 1 is 0.400 bits per heavy atom. The first kappa shape index (κ1) is 67.8. The van der Waals surface area contributed by atoms with E-state index in [0.29, 0.717) is 19.4 Å². The lowest BCUT2D eigenvalue weighted by molar-refractivity contribution is -0.143. The zero-order chi connectivity index (χ0) is 50.7. The van der Waals surface area contributed by atoms with Crippen molar-refractivity contribution in [2.45, 2.75) is 334 Å². The van der Waals surface area contributed by atoms with E-state index in [1.807, 2.05) is 6.08 Å². The predicted octanol–water partition coefficient (Wildman–Crippen LogP) is 19.4. The number of rotatable bonds is 57. The SMILES string of the molecule is CCC/C=C\C/C=C\CCCCCCCC(=O)OCCCCCCCCCCCCCC/C=C\CCCCCCCCCCCCCCCC(=O)NC(CO)C(O)/C=C/CCCCCCCCCCC. The summed E-state index contributed by atoms with van der Waals surface area (Å²) in [5, 5.41) is 23.0. The summed E-state index contributed by atoms with van der Waals surface area (Å²) >= 11 is 0. The number of esters is 1. The van der Waals surface area contributed by atoms with Gasteiger partial charge in [-0.1, -0.05) is 274 Å². The van der Waals surface area contributed by atoms with Crippen molar-refractivity contribution in [1.29, 1.82) is 0 Å². The highest BCUT2D eigenvalue weighted by atomic mass is 16.5. The van der Waals surface area contributed by atoms with Gasteiger partial charge in [0.15, 0.2) is 0 Å². The van der Waals surface area contributed by atoms with E-state index in [1.54, 1.807) is 6.08 Å². The van der Waals surface area contributed by atoms with Crippen LogP contribution in [0.2, 0.25) is 0 Å². The smallest absolute Gasteiger partial charge is 0.305 e. The summed E-state index contributed by atoms with van der Waals surface area (Å²) in [5.41, 5.74) is 0. The number of allylic oxidation sites excluding steroid dienone is 7. The zero-order valence-corrected chi connectivity index (χ0v) is 46.7. The van der Waals surface area contributed by atoms with Gasteiger partial charge in [-0.3, -0.25) is 9.59 Å². The van der Waals surface area contributed by atoms with Crippen LogP contribution in [0.4, 0.5) is 0 Å². The Bertz CT molecular complexity index is 1180. The van der Waals surface area contributed by atoms with Gasteiger partial charge in [0.1, 0.15) is 0 Å². The molecule has 0 bridgehead atoms. The molecule has 1 amide bonds. The molecule has 0 fully saturated rings. The molecule has 0 aromatic rings. The Labute approximate surface area is 436 Å². The average Bonchev–Trinajstić information content (AvgIpc) is 3.36. The molecule has 6 nitrogen and oxygen atoms in total. The van der Waals surface area contributed by atoms with Gasteiger partial charge in [0.05, 0.1) is 25.4 Å². The lowest BCUT2D eigenvalue weighted by Crippen LogP contribution is -2.45. The number of carbonyl (C=O) groups excluding carboxylic acids is 2. The molecule has 2 atom stereocenters. The van der Waals surface area contributed by atoms with E-state index in [9.17, 15) is 19.8 Å². The van der Waals surface area contributed by atoms with Crippen LogP contribution in [0.1, 0.15) is 322 Å². The molecular weight excluding hydrogens is 863 g/mol. The molecule has 0 aliphatic carbocycles. The second-order valence-electron chi connectivity index (χ2n) is 21.0. The van der Waals surface area contributed by atoms with E-state index in [0.717, 1.165) is 51.4 Å². The van der Waals surface area contributed by atoms with E-state index in [1.165, 1.54) is 244 Å². The second-order valence-corrected chi connectivity index (χ2v) is 21.0. The first-order chi connectivity index (χ1) is 34.5. The van der Waals surface area contributed by atoms with Gasteiger partial charge in [-0.25, -0.2) is 0 Å².